The Morgan fingerprint density at radius 1 is 1.10 bits per heavy atom. The highest BCUT2D eigenvalue weighted by atomic mass is 16.8. The quantitative estimate of drug-likeness (QED) is 0.477. The van der Waals surface area contributed by atoms with Crippen molar-refractivity contribution in [3.63, 3.8) is 0 Å². The van der Waals surface area contributed by atoms with Gasteiger partial charge in [0.1, 0.15) is 12.7 Å². The third-order valence-electron chi connectivity index (χ3n) is 2.41. The Labute approximate surface area is 125 Å². The van der Waals surface area contributed by atoms with Gasteiger partial charge in [0.2, 0.25) is 0 Å². The fourth-order valence-corrected chi connectivity index (χ4v) is 1.90. The highest BCUT2D eigenvalue weighted by molar-refractivity contribution is 5.65. The summed E-state index contributed by atoms with van der Waals surface area (Å²) in [6.45, 7) is 8.68. The minimum atomic E-state index is -0.784. The van der Waals surface area contributed by atoms with Crippen LogP contribution in [0, 0.1) is 0 Å². The Hall–Kier alpha value is -1.34. The number of carbonyl (C=O) groups is 2. The van der Waals surface area contributed by atoms with Crippen molar-refractivity contribution in [2.45, 2.75) is 58.8 Å². The molecule has 0 aromatic heterocycles. The lowest BCUT2D eigenvalue weighted by Crippen LogP contribution is -2.36. The first-order chi connectivity index (χ1) is 9.66. The number of methoxy groups -OCH3 is 1. The fraction of sp³-hybridized carbons (Fsp3) is 0.857. The summed E-state index contributed by atoms with van der Waals surface area (Å²) in [5.74, 6) is -0.346. The van der Waals surface area contributed by atoms with E-state index in [1.165, 1.54) is 14.0 Å². The predicted molar refractivity (Wildman–Crippen MR) is 74.8 cm³/mol. The maximum absolute atomic E-state index is 11.3. The normalized spacial score (nSPS) is 14.2. The van der Waals surface area contributed by atoms with Crippen LogP contribution in [0.25, 0.3) is 0 Å². The van der Waals surface area contributed by atoms with E-state index in [9.17, 15) is 9.59 Å². The topological polar surface area (TPSA) is 80.3 Å². The molecular weight excluding hydrogens is 280 g/mol. The first-order valence-corrected chi connectivity index (χ1v) is 6.80. The van der Waals surface area contributed by atoms with Gasteiger partial charge in [-0.1, -0.05) is 0 Å². The van der Waals surface area contributed by atoms with E-state index in [1.807, 2.05) is 20.8 Å². The van der Waals surface area contributed by atoms with Crippen molar-refractivity contribution in [2.75, 3.05) is 20.5 Å². The van der Waals surface area contributed by atoms with Crippen LogP contribution in [-0.4, -0.2) is 50.4 Å². The van der Waals surface area contributed by atoms with Crippen LogP contribution in [0.2, 0.25) is 0 Å². The average molecular weight is 306 g/mol. The first kappa shape index (κ1) is 19.7. The third-order valence-corrected chi connectivity index (χ3v) is 2.41. The van der Waals surface area contributed by atoms with Gasteiger partial charge in [-0.3, -0.25) is 4.79 Å². The molecule has 0 radical (unpaired) electrons. The van der Waals surface area contributed by atoms with Gasteiger partial charge in [-0.15, -0.1) is 0 Å². The van der Waals surface area contributed by atoms with E-state index in [0.717, 1.165) is 0 Å². The van der Waals surface area contributed by atoms with Crippen LogP contribution >= 0.6 is 0 Å². The van der Waals surface area contributed by atoms with Gasteiger partial charge in [0, 0.05) is 20.5 Å². The Kier molecular flexibility index (Phi) is 8.96. The summed E-state index contributed by atoms with van der Waals surface area (Å²) in [5.41, 5.74) is -0.541. The van der Waals surface area contributed by atoms with Crippen molar-refractivity contribution in [2.24, 2.45) is 0 Å². The number of ether oxygens (including phenoxy) is 5. The second-order valence-corrected chi connectivity index (χ2v) is 5.42. The van der Waals surface area contributed by atoms with Gasteiger partial charge in [-0.2, -0.15) is 0 Å². The van der Waals surface area contributed by atoms with E-state index >= 15 is 0 Å². The van der Waals surface area contributed by atoms with Crippen LogP contribution in [0.3, 0.4) is 0 Å². The number of hydrogen-bond acceptors (Lipinski definition) is 7. The Morgan fingerprint density at radius 3 is 2.24 bits per heavy atom. The van der Waals surface area contributed by atoms with Crippen molar-refractivity contribution in [3.8, 4) is 0 Å². The average Bonchev–Trinajstić information content (AvgIpc) is 2.32. The minimum absolute atomic E-state index is 0.148. The van der Waals surface area contributed by atoms with Gasteiger partial charge in [-0.05, 0) is 27.7 Å². The number of hydrogen-bond donors (Lipinski definition) is 0. The van der Waals surface area contributed by atoms with Crippen LogP contribution in [-0.2, 0) is 28.5 Å². The van der Waals surface area contributed by atoms with Crippen molar-refractivity contribution in [1.29, 1.82) is 0 Å². The Balaban J connectivity index is 4.13. The zero-order valence-corrected chi connectivity index (χ0v) is 13.6. The lowest BCUT2D eigenvalue weighted by Gasteiger charge is -2.31. The van der Waals surface area contributed by atoms with E-state index in [2.05, 4.69) is 9.47 Å². The predicted octanol–water partition coefficient (Wildman–Crippen LogP) is 2.27. The Morgan fingerprint density at radius 2 is 1.71 bits per heavy atom. The number of carbonyl (C=O) groups excluding carboxylic acids is 2. The molecule has 0 aliphatic heterocycles. The molecule has 2 atom stereocenters. The molecule has 21 heavy (non-hydrogen) atoms. The molecule has 0 bridgehead atoms. The largest absolute Gasteiger partial charge is 0.510 e. The van der Waals surface area contributed by atoms with Gasteiger partial charge in [0.05, 0.1) is 11.7 Å². The smallest absolute Gasteiger partial charge is 0.463 e. The van der Waals surface area contributed by atoms with Crippen LogP contribution in [0.1, 0.15) is 41.0 Å². The lowest BCUT2D eigenvalue weighted by molar-refractivity contribution is -0.152. The van der Waals surface area contributed by atoms with Gasteiger partial charge < -0.3 is 23.7 Å². The molecule has 7 heteroatoms. The molecule has 0 aromatic rings. The van der Waals surface area contributed by atoms with E-state index < -0.39 is 11.8 Å². The van der Waals surface area contributed by atoms with Gasteiger partial charge in [0.25, 0.3) is 0 Å². The fourth-order valence-electron chi connectivity index (χ4n) is 1.90. The van der Waals surface area contributed by atoms with Crippen molar-refractivity contribution in [3.05, 3.63) is 0 Å². The summed E-state index contributed by atoms with van der Waals surface area (Å²) >= 11 is 0. The molecule has 2 unspecified atom stereocenters. The molecule has 0 heterocycles. The molecule has 0 saturated heterocycles. The highest BCUT2D eigenvalue weighted by Crippen LogP contribution is 2.21. The van der Waals surface area contributed by atoms with Crippen molar-refractivity contribution < 1.29 is 33.3 Å². The lowest BCUT2D eigenvalue weighted by atomic mass is 10.0. The van der Waals surface area contributed by atoms with Gasteiger partial charge in [0.15, 0.2) is 6.79 Å². The molecule has 0 saturated carbocycles. The molecule has 0 aliphatic carbocycles. The van der Waals surface area contributed by atoms with Crippen LogP contribution in [0.15, 0.2) is 0 Å². The molecule has 124 valence electrons. The summed E-state index contributed by atoms with van der Waals surface area (Å²) in [4.78, 5) is 22.0. The Bertz CT molecular complexity index is 327. The molecule has 0 N–H and O–H groups in total. The summed E-state index contributed by atoms with van der Waals surface area (Å²) in [7, 11) is 1.41. The SMILES string of the molecule is COCOC(=O)OC(C)CC(C)(C)OC(C)COC(C)=O. The van der Waals surface area contributed by atoms with Gasteiger partial charge in [-0.25, -0.2) is 4.79 Å². The molecular formula is C14H26O7. The molecule has 0 aromatic carbocycles. The molecule has 0 spiro atoms. The summed E-state index contributed by atoms with van der Waals surface area (Å²) < 4.78 is 25.0. The first-order valence-electron chi connectivity index (χ1n) is 6.80. The molecule has 7 nitrogen and oxygen atoms in total. The standard InChI is InChI=1S/C14H26O7/c1-10(20-13(16)19-9-17-6)7-14(4,5)21-11(2)8-18-12(3)15/h10-11H,7-9H2,1-6H3. The molecule has 0 aliphatic rings. The summed E-state index contributed by atoms with van der Waals surface area (Å²) in [5, 5.41) is 0. The second kappa shape index (κ2) is 9.57. The number of esters is 1. The second-order valence-electron chi connectivity index (χ2n) is 5.42. The van der Waals surface area contributed by atoms with Gasteiger partial charge >= 0.3 is 12.1 Å². The van der Waals surface area contributed by atoms with Crippen molar-refractivity contribution in [1.82, 2.24) is 0 Å². The molecule has 0 fully saturated rings. The monoisotopic (exact) mass is 306 g/mol. The van der Waals surface area contributed by atoms with Crippen molar-refractivity contribution >= 4 is 12.1 Å². The zero-order chi connectivity index (χ0) is 16.5. The summed E-state index contributed by atoms with van der Waals surface area (Å²) in [6, 6.07) is 0. The van der Waals surface area contributed by atoms with E-state index in [1.54, 1.807) is 6.92 Å². The van der Waals surface area contributed by atoms with Crippen LogP contribution in [0.5, 0.6) is 0 Å². The zero-order valence-electron chi connectivity index (χ0n) is 13.6. The number of rotatable bonds is 9. The minimum Gasteiger partial charge on any atom is -0.463 e. The van der Waals surface area contributed by atoms with E-state index in [0.29, 0.717) is 6.42 Å². The molecule has 0 amide bonds. The maximum atomic E-state index is 11.3. The maximum Gasteiger partial charge on any atom is 0.510 e. The van der Waals surface area contributed by atoms with E-state index in [-0.39, 0.29) is 31.6 Å². The summed E-state index contributed by atoms with van der Waals surface area (Å²) in [6.07, 6.45) is -0.950. The van der Waals surface area contributed by atoms with E-state index in [4.69, 9.17) is 14.2 Å². The molecule has 0 rings (SSSR count). The van der Waals surface area contributed by atoms with Crippen LogP contribution < -0.4 is 0 Å². The highest BCUT2D eigenvalue weighted by Gasteiger charge is 2.26. The third kappa shape index (κ3) is 11.0. The van der Waals surface area contributed by atoms with Crippen LogP contribution in [0.4, 0.5) is 4.79 Å².